The fourth-order valence-electron chi connectivity index (χ4n) is 3.73. The van der Waals surface area contributed by atoms with Gasteiger partial charge in [0.2, 0.25) is 0 Å². The largest absolute Gasteiger partial charge is 0.484 e. The molecular weight excluding hydrogens is 419 g/mol. The predicted octanol–water partition coefficient (Wildman–Crippen LogP) is 4.97. The molecule has 3 aromatic rings. The maximum atomic E-state index is 12.9. The van der Waals surface area contributed by atoms with Gasteiger partial charge in [-0.15, -0.1) is 5.10 Å². The minimum Gasteiger partial charge on any atom is -0.484 e. The molecule has 8 heteroatoms. The van der Waals surface area contributed by atoms with Crippen LogP contribution in [0.1, 0.15) is 53.5 Å². The van der Waals surface area contributed by atoms with Crippen molar-refractivity contribution in [3.63, 3.8) is 0 Å². The average molecular weight is 443 g/mol. The van der Waals surface area contributed by atoms with Gasteiger partial charge < -0.3 is 4.74 Å². The highest BCUT2D eigenvalue weighted by Crippen LogP contribution is 2.40. The van der Waals surface area contributed by atoms with Crippen molar-refractivity contribution >= 4 is 5.78 Å². The molecule has 1 saturated carbocycles. The zero-order valence-corrected chi connectivity index (χ0v) is 17.7. The molecule has 0 N–H and O–H groups in total. The number of rotatable bonds is 9. The van der Waals surface area contributed by atoms with Crippen LogP contribution in [0, 0.1) is 0 Å². The smallest absolute Gasteiger partial charge is 0.422 e. The lowest BCUT2D eigenvalue weighted by molar-refractivity contribution is -0.153. The third-order valence-corrected chi connectivity index (χ3v) is 5.52. The van der Waals surface area contributed by atoms with Crippen LogP contribution in [0.15, 0.2) is 54.7 Å². The maximum Gasteiger partial charge on any atom is 0.422 e. The summed E-state index contributed by atoms with van der Waals surface area (Å²) in [6, 6.07) is 14.5. The Labute approximate surface area is 184 Å². The quantitative estimate of drug-likeness (QED) is 0.469. The second-order valence-corrected chi connectivity index (χ2v) is 8.28. The van der Waals surface area contributed by atoms with Gasteiger partial charge in [-0.2, -0.15) is 13.2 Å². The number of ketones is 1. The van der Waals surface area contributed by atoms with E-state index in [4.69, 9.17) is 4.74 Å². The number of carbonyl (C=O) groups excluding carboxylic acids is 1. The Morgan fingerprint density at radius 2 is 1.81 bits per heavy atom. The second kappa shape index (κ2) is 9.14. The van der Waals surface area contributed by atoms with Gasteiger partial charge in [-0.3, -0.25) is 9.48 Å². The van der Waals surface area contributed by atoms with E-state index in [1.807, 2.05) is 12.1 Å². The summed E-state index contributed by atoms with van der Waals surface area (Å²) in [5.41, 5.74) is 3.69. The van der Waals surface area contributed by atoms with E-state index in [2.05, 4.69) is 22.4 Å². The number of benzene rings is 2. The Hall–Kier alpha value is -3.16. The Balaban J connectivity index is 1.46. The third kappa shape index (κ3) is 5.96. The van der Waals surface area contributed by atoms with Crippen molar-refractivity contribution in [2.24, 2.45) is 7.05 Å². The van der Waals surface area contributed by atoms with Crippen LogP contribution in [0.5, 0.6) is 5.75 Å². The van der Waals surface area contributed by atoms with Gasteiger partial charge in [-0.1, -0.05) is 41.6 Å². The van der Waals surface area contributed by atoms with E-state index in [0.29, 0.717) is 18.0 Å². The first-order chi connectivity index (χ1) is 15.3. The van der Waals surface area contributed by atoms with E-state index in [0.717, 1.165) is 11.1 Å². The van der Waals surface area contributed by atoms with Crippen molar-refractivity contribution < 1.29 is 22.7 Å². The van der Waals surface area contributed by atoms with E-state index in [1.165, 1.54) is 30.5 Å². The predicted molar refractivity (Wildman–Crippen MR) is 113 cm³/mol. The molecule has 0 aliphatic heterocycles. The van der Waals surface area contributed by atoms with Crippen molar-refractivity contribution in [1.82, 2.24) is 15.0 Å². The molecule has 0 spiro atoms. The van der Waals surface area contributed by atoms with Gasteiger partial charge in [-0.25, -0.2) is 0 Å². The molecule has 5 nitrogen and oxygen atoms in total. The molecule has 4 rings (SSSR count). The molecule has 32 heavy (non-hydrogen) atoms. The van der Waals surface area contributed by atoms with E-state index >= 15 is 0 Å². The van der Waals surface area contributed by atoms with Crippen molar-refractivity contribution in [2.75, 3.05) is 6.61 Å². The number of hydrogen-bond acceptors (Lipinski definition) is 4. The molecule has 1 aliphatic rings. The average Bonchev–Trinajstić information content (AvgIpc) is 3.52. The van der Waals surface area contributed by atoms with Gasteiger partial charge in [0.05, 0.1) is 5.69 Å². The molecule has 0 radical (unpaired) electrons. The highest BCUT2D eigenvalue weighted by Gasteiger charge is 2.28. The number of Topliss-reactive ketones (excluding diaryl/α,β-unsaturated/α-hetero) is 1. The van der Waals surface area contributed by atoms with Crippen LogP contribution in [0.3, 0.4) is 0 Å². The normalized spacial score (nSPS) is 14.9. The lowest BCUT2D eigenvalue weighted by Gasteiger charge is -2.15. The Morgan fingerprint density at radius 1 is 1.12 bits per heavy atom. The van der Waals surface area contributed by atoms with Crippen LogP contribution < -0.4 is 4.74 Å². The Morgan fingerprint density at radius 3 is 2.38 bits per heavy atom. The van der Waals surface area contributed by atoms with Crippen molar-refractivity contribution in [3.05, 3.63) is 77.1 Å². The minimum atomic E-state index is -4.40. The standard InChI is InChI=1S/C24H24F3N3O2/c1-30-14-23(28-29-30)22(19-8-10-21(11-9-19)32-15-24(25,26)27)13-20(31)12-16-2-4-17(5-3-16)18-6-7-18/h2-5,8-11,14,18,22H,6-7,12-13,15H2,1H3/t22-/m0/s1. The molecule has 0 unspecified atom stereocenters. The number of carbonyl (C=O) groups is 1. The number of aryl methyl sites for hydroxylation is 1. The summed E-state index contributed by atoms with van der Waals surface area (Å²) in [5.74, 6) is 0.491. The van der Waals surface area contributed by atoms with Crippen LogP contribution in [0.2, 0.25) is 0 Å². The maximum absolute atomic E-state index is 12.9. The van der Waals surface area contributed by atoms with E-state index in [-0.39, 0.29) is 23.9 Å². The highest BCUT2D eigenvalue weighted by atomic mass is 19.4. The molecule has 0 bridgehead atoms. The molecule has 0 saturated heterocycles. The summed E-state index contributed by atoms with van der Waals surface area (Å²) in [6.07, 6.45) is 0.344. The molecule has 1 heterocycles. The van der Waals surface area contributed by atoms with Gasteiger partial charge in [0.25, 0.3) is 0 Å². The lowest BCUT2D eigenvalue weighted by atomic mass is 9.89. The van der Waals surface area contributed by atoms with Crippen LogP contribution in [-0.4, -0.2) is 33.6 Å². The summed E-state index contributed by atoms with van der Waals surface area (Å²) in [4.78, 5) is 12.9. The van der Waals surface area contributed by atoms with Crippen molar-refractivity contribution in [2.45, 2.75) is 43.7 Å². The van der Waals surface area contributed by atoms with E-state index in [9.17, 15) is 18.0 Å². The van der Waals surface area contributed by atoms with Crippen molar-refractivity contribution in [1.29, 1.82) is 0 Å². The number of halogens is 3. The molecule has 2 aromatic carbocycles. The fraction of sp³-hybridized carbons (Fsp3) is 0.375. The number of aromatic nitrogens is 3. The van der Waals surface area contributed by atoms with E-state index < -0.39 is 12.8 Å². The second-order valence-electron chi connectivity index (χ2n) is 8.28. The topological polar surface area (TPSA) is 57.0 Å². The SMILES string of the molecule is Cn1cc([C@@H](CC(=O)Cc2ccc(C3CC3)cc2)c2ccc(OCC(F)(F)F)cc2)nn1. The van der Waals surface area contributed by atoms with Crippen LogP contribution >= 0.6 is 0 Å². The fourth-order valence-corrected chi connectivity index (χ4v) is 3.73. The summed E-state index contributed by atoms with van der Waals surface area (Å²) in [5, 5.41) is 8.13. The zero-order chi connectivity index (χ0) is 22.7. The lowest BCUT2D eigenvalue weighted by Crippen LogP contribution is -2.19. The first-order valence-corrected chi connectivity index (χ1v) is 10.5. The van der Waals surface area contributed by atoms with Crippen molar-refractivity contribution in [3.8, 4) is 5.75 Å². The van der Waals surface area contributed by atoms with Crippen LogP contribution in [0.25, 0.3) is 0 Å². The summed E-state index contributed by atoms with van der Waals surface area (Å²) >= 11 is 0. The molecule has 168 valence electrons. The first-order valence-electron chi connectivity index (χ1n) is 10.5. The number of hydrogen-bond donors (Lipinski definition) is 0. The summed E-state index contributed by atoms with van der Waals surface area (Å²) in [6.45, 7) is -1.35. The molecule has 1 aliphatic carbocycles. The zero-order valence-electron chi connectivity index (χ0n) is 17.7. The van der Waals surface area contributed by atoms with E-state index in [1.54, 1.807) is 30.1 Å². The highest BCUT2D eigenvalue weighted by molar-refractivity contribution is 5.82. The summed E-state index contributed by atoms with van der Waals surface area (Å²) in [7, 11) is 1.74. The Kier molecular flexibility index (Phi) is 6.30. The Bertz CT molecular complexity index is 1060. The monoisotopic (exact) mass is 443 g/mol. The first kappa shape index (κ1) is 22.0. The molecule has 0 amide bonds. The van der Waals surface area contributed by atoms with Gasteiger partial charge in [0.1, 0.15) is 11.5 Å². The van der Waals surface area contributed by atoms with Gasteiger partial charge in [0, 0.05) is 32.0 Å². The van der Waals surface area contributed by atoms with Gasteiger partial charge in [0.15, 0.2) is 6.61 Å². The third-order valence-electron chi connectivity index (χ3n) is 5.52. The number of alkyl halides is 3. The molecule has 1 fully saturated rings. The molecular formula is C24H24F3N3O2. The molecule has 1 atom stereocenters. The van der Waals surface area contributed by atoms with Gasteiger partial charge in [-0.05, 0) is 47.6 Å². The number of nitrogens with zero attached hydrogens (tertiary/aromatic N) is 3. The van der Waals surface area contributed by atoms with Gasteiger partial charge >= 0.3 is 6.18 Å². The van der Waals surface area contributed by atoms with Crippen LogP contribution in [-0.2, 0) is 18.3 Å². The van der Waals surface area contributed by atoms with Crippen LogP contribution in [0.4, 0.5) is 13.2 Å². The number of ether oxygens (including phenoxy) is 1. The summed E-state index contributed by atoms with van der Waals surface area (Å²) < 4.78 is 43.5. The molecule has 1 aromatic heterocycles. The minimum absolute atomic E-state index is 0.0530.